The zero-order chi connectivity index (χ0) is 35.1. The van der Waals surface area contributed by atoms with Gasteiger partial charge in [-0.1, -0.05) is 0 Å². The van der Waals surface area contributed by atoms with Crippen molar-refractivity contribution >= 4 is 39.0 Å². The van der Waals surface area contributed by atoms with E-state index in [1.54, 1.807) is 6.65 Å². The van der Waals surface area contributed by atoms with Crippen molar-refractivity contribution in [3.63, 3.8) is 0 Å². The van der Waals surface area contributed by atoms with E-state index in [2.05, 4.69) is 180 Å². The number of benzene rings is 4. The van der Waals surface area contributed by atoms with Gasteiger partial charge in [-0.25, -0.2) is 0 Å². The van der Waals surface area contributed by atoms with Crippen LogP contribution in [0, 0.1) is 0 Å². The third kappa shape index (κ3) is 6.47. The van der Waals surface area contributed by atoms with Gasteiger partial charge in [0.15, 0.2) is 0 Å². The van der Waals surface area contributed by atoms with E-state index in [1.165, 1.54) is 51.1 Å². The molecule has 0 saturated carbocycles. The van der Waals surface area contributed by atoms with Crippen LogP contribution in [0.15, 0.2) is 100 Å². The van der Waals surface area contributed by atoms with Gasteiger partial charge in [-0.05, 0) is 0 Å². The molecule has 4 aromatic carbocycles. The van der Waals surface area contributed by atoms with E-state index in [4.69, 9.17) is 4.26 Å². The van der Waals surface area contributed by atoms with Crippen molar-refractivity contribution in [1.29, 1.82) is 0 Å². The topological polar surface area (TPSA) is 0 Å². The Bertz CT molecular complexity index is 1960. The summed E-state index contributed by atoms with van der Waals surface area (Å²) in [5.41, 5.74) is 11.6. The van der Waals surface area contributed by atoms with E-state index in [0.29, 0.717) is 0 Å². The van der Waals surface area contributed by atoms with Crippen LogP contribution in [0.5, 0.6) is 0 Å². The van der Waals surface area contributed by atoms with Crippen molar-refractivity contribution in [3.8, 4) is 11.1 Å². The number of hydrogen-bond donors (Lipinski definition) is 0. The van der Waals surface area contributed by atoms with Crippen LogP contribution < -0.4 is 9.96 Å². The van der Waals surface area contributed by atoms with Gasteiger partial charge in [0.2, 0.25) is 0 Å². The van der Waals surface area contributed by atoms with Crippen LogP contribution in [0.2, 0.25) is 0 Å². The Balaban J connectivity index is 0.00000281. The molecule has 0 N–H and O–H groups in total. The summed E-state index contributed by atoms with van der Waals surface area (Å²) in [5.74, 6) is 0. The van der Waals surface area contributed by atoms with E-state index >= 15 is 0 Å². The molecule has 0 amide bonds. The van der Waals surface area contributed by atoms with Crippen LogP contribution in [0.1, 0.15) is 123 Å². The normalized spacial score (nSPS) is 14.8. The second-order valence-corrected chi connectivity index (χ2v) is 37.7. The van der Waals surface area contributed by atoms with Crippen LogP contribution in [-0.2, 0) is 46.1 Å². The summed E-state index contributed by atoms with van der Waals surface area (Å²) in [5, 5.41) is 0. The summed E-state index contributed by atoms with van der Waals surface area (Å²) in [6.07, 6.45) is 9.04. The summed E-state index contributed by atoms with van der Waals surface area (Å²) >= 11 is -5.12. The van der Waals surface area contributed by atoms with E-state index in [1.807, 2.05) is 0 Å². The van der Waals surface area contributed by atoms with Crippen LogP contribution in [-0.4, -0.2) is 4.26 Å². The molecule has 0 nitrogen and oxygen atoms in total. The Kier molecular flexibility index (Phi) is 10.7. The van der Waals surface area contributed by atoms with Crippen molar-refractivity contribution < 1.29 is 18.0 Å². The molecule has 0 saturated heterocycles. The van der Waals surface area contributed by atoms with Gasteiger partial charge in [0, 0.05) is 0 Å². The Morgan fingerprint density at radius 3 is 1.42 bits per heavy atom. The monoisotopic (exact) mass is 874 g/mol. The van der Waals surface area contributed by atoms with Gasteiger partial charge < -0.3 is 0 Å². The van der Waals surface area contributed by atoms with Crippen molar-refractivity contribution in [2.45, 2.75) is 118 Å². The summed E-state index contributed by atoms with van der Waals surface area (Å²) in [6, 6.07) is 31.8. The van der Waals surface area contributed by atoms with E-state index in [-0.39, 0.29) is 46.5 Å². The number of hydrogen-bond acceptors (Lipinski definition) is 0. The van der Waals surface area contributed by atoms with Gasteiger partial charge >= 0.3 is 295 Å². The predicted molar refractivity (Wildman–Crippen MR) is 225 cm³/mol. The third-order valence-electron chi connectivity index (χ3n) is 11.6. The number of rotatable bonds is 4. The molecule has 6 rings (SSSR count). The van der Waals surface area contributed by atoms with Crippen LogP contribution in [0.25, 0.3) is 11.1 Å². The van der Waals surface area contributed by atoms with Gasteiger partial charge in [-0.15, -0.1) is 24.8 Å². The molecule has 0 aliphatic heterocycles. The first-order chi connectivity index (χ1) is 22.1. The fourth-order valence-electron chi connectivity index (χ4n) is 8.52. The maximum atomic E-state index is 5.86. The van der Waals surface area contributed by atoms with Crippen LogP contribution in [0.3, 0.4) is 0 Å². The molecule has 0 atom stereocenters. The molecule has 3 heteroatoms. The molecular formula is C47H60Cl2Hf. The Morgan fingerprint density at radius 1 is 0.540 bits per heavy atom. The van der Waals surface area contributed by atoms with Gasteiger partial charge in [0.05, 0.1) is 0 Å². The first kappa shape index (κ1) is 40.5. The summed E-state index contributed by atoms with van der Waals surface area (Å²) < 4.78 is 11.9. The Hall–Kier alpha value is -2.32. The van der Waals surface area contributed by atoms with Gasteiger partial charge in [-0.2, -0.15) is 0 Å². The molecule has 0 aromatic heterocycles. The molecule has 2 aliphatic rings. The first-order valence-electron chi connectivity index (χ1n) is 18.1. The van der Waals surface area contributed by atoms with Crippen LogP contribution in [0.4, 0.5) is 0 Å². The second-order valence-electron chi connectivity index (χ2n) is 19.0. The zero-order valence-corrected chi connectivity index (χ0v) is 37.9. The first-order valence-corrected chi connectivity index (χ1v) is 27.8. The quantitative estimate of drug-likeness (QED) is 0.158. The Labute approximate surface area is 317 Å². The molecular weight excluding hydrogens is 814 g/mol. The fraction of sp³-hybridized carbons (Fsp3) is 0.383. The maximum absolute atomic E-state index is 5.86. The Morgan fingerprint density at radius 2 is 1.00 bits per heavy atom. The average Bonchev–Trinajstić information content (AvgIpc) is 3.68. The molecule has 0 heterocycles. The van der Waals surface area contributed by atoms with Crippen molar-refractivity contribution in [2.75, 3.05) is 0 Å². The number of fused-ring (bicyclic) bond motifs is 3. The van der Waals surface area contributed by atoms with Crippen molar-refractivity contribution in [2.24, 2.45) is 0 Å². The van der Waals surface area contributed by atoms with Crippen LogP contribution >= 0.6 is 24.8 Å². The molecule has 0 unspecified atom stereocenters. The number of halogens is 2. The molecule has 4 aromatic rings. The minimum atomic E-state index is -5.12. The van der Waals surface area contributed by atoms with Gasteiger partial charge in [-0.3, -0.25) is 0 Å². The van der Waals surface area contributed by atoms with Crippen molar-refractivity contribution in [1.82, 2.24) is 0 Å². The molecule has 0 bridgehead atoms. The summed E-state index contributed by atoms with van der Waals surface area (Å²) in [6.45, 7) is 28.1. The second kappa shape index (κ2) is 13.3. The van der Waals surface area contributed by atoms with Gasteiger partial charge in [0.25, 0.3) is 0 Å². The van der Waals surface area contributed by atoms with Crippen molar-refractivity contribution in [3.05, 3.63) is 134 Å². The summed E-state index contributed by atoms with van der Waals surface area (Å²) in [4.78, 5) is 0. The fourth-order valence-corrected chi connectivity index (χ4v) is 32.8. The summed E-state index contributed by atoms with van der Waals surface area (Å²) in [7, 11) is 0. The molecule has 0 spiro atoms. The van der Waals surface area contributed by atoms with E-state index < -0.39 is 18.0 Å². The van der Waals surface area contributed by atoms with Gasteiger partial charge in [0.1, 0.15) is 0 Å². The molecule has 266 valence electrons. The molecule has 0 fully saturated rings. The van der Waals surface area contributed by atoms with E-state index in [0.717, 1.165) is 12.8 Å². The third-order valence-corrected chi connectivity index (χ3v) is 35.5. The predicted octanol–water partition coefficient (Wildman–Crippen LogP) is 11.5. The minimum absolute atomic E-state index is 0. The SMILES string of the molecule is Cl.Cl.[CH2]=[Hf]([C]1=CC=CC1)([c]1ccc(C(C)(C)C)cc1)([c]1ccc(C(C)(C)C)cc1)[c]1c(C(C)(C)C)ccc2c1Cc1cc(C(C)(C)C)ccc1-2. The zero-order valence-electron chi connectivity index (χ0n) is 32.7. The molecule has 0 radical (unpaired) electrons. The average molecular weight is 874 g/mol. The molecule has 2 aliphatic carbocycles. The van der Waals surface area contributed by atoms with E-state index in [9.17, 15) is 0 Å². The molecule has 50 heavy (non-hydrogen) atoms. The number of allylic oxidation sites excluding steroid dienone is 4. The standard InChI is InChI=1S/C21H25.2C10H13.C5H5.CH2.2ClH.Hf/c1-20(2,3)16-7-9-18-14(12-16)11-15-13-17(21(4,5)6)8-10-19(15)18;2*1-10(2,3)9-7-5-4-6-8-9;1-2-4-5-3-1;;;;/h7-10,12H,11H2,1-6H3;2*5-8H,1-3H3;1-3H,4H2;1H2;2*1H;.